The SMILES string of the molecule is C=N/C=C(\C=N/CN1CCN(C2CC3(C2)CN(Cc2ccccc2)C3)CC1C)SC(F)F. The number of hydrogen-bond donors (Lipinski definition) is 0. The predicted molar refractivity (Wildman–Crippen MR) is 130 cm³/mol. The van der Waals surface area contributed by atoms with E-state index in [1.165, 1.54) is 43.9 Å². The van der Waals surface area contributed by atoms with Gasteiger partial charge in [0.1, 0.15) is 0 Å². The first-order valence-corrected chi connectivity index (χ1v) is 12.2. The van der Waals surface area contributed by atoms with Gasteiger partial charge in [-0.2, -0.15) is 8.78 Å². The van der Waals surface area contributed by atoms with Gasteiger partial charge in [0.25, 0.3) is 5.76 Å². The smallest absolute Gasteiger partial charge is 0.289 e. The number of alkyl halides is 2. The van der Waals surface area contributed by atoms with E-state index in [0.29, 0.717) is 40.8 Å². The van der Waals surface area contributed by atoms with Crippen LogP contribution in [-0.2, 0) is 6.54 Å². The minimum atomic E-state index is -2.48. The standard InChI is InChI=1S/C24H33F2N5S/c1-19-14-30(8-9-31(19)18-28-13-22(12-27-2)32-23(25)26)21-10-24(11-21)16-29(17-24)15-20-6-4-3-5-7-20/h3-7,12-13,19,21,23H,2,8-11,14-18H2,1H3/b22-12+,28-13-. The minimum Gasteiger partial charge on any atom is -0.298 e. The van der Waals surface area contributed by atoms with E-state index >= 15 is 0 Å². The highest BCUT2D eigenvalue weighted by atomic mass is 32.2. The fourth-order valence-electron chi connectivity index (χ4n) is 5.40. The average molecular weight is 462 g/mol. The fourth-order valence-corrected chi connectivity index (χ4v) is 5.88. The Morgan fingerprint density at radius 3 is 2.66 bits per heavy atom. The molecular formula is C24H33F2N5S. The van der Waals surface area contributed by atoms with Gasteiger partial charge in [-0.25, -0.2) is 0 Å². The molecule has 1 unspecified atom stereocenters. The minimum absolute atomic E-state index is 0.336. The van der Waals surface area contributed by atoms with Gasteiger partial charge in [-0.1, -0.05) is 42.1 Å². The normalized spacial score (nSPS) is 25.4. The number of halogens is 2. The van der Waals surface area contributed by atoms with Crippen molar-refractivity contribution in [3.8, 4) is 0 Å². The largest absolute Gasteiger partial charge is 0.298 e. The lowest BCUT2D eigenvalue weighted by Gasteiger charge is -2.62. The topological polar surface area (TPSA) is 34.4 Å². The second-order valence-corrected chi connectivity index (χ2v) is 10.5. The van der Waals surface area contributed by atoms with E-state index in [9.17, 15) is 8.78 Å². The van der Waals surface area contributed by atoms with Crippen molar-refractivity contribution in [1.82, 2.24) is 14.7 Å². The molecule has 1 aliphatic carbocycles. The van der Waals surface area contributed by atoms with Gasteiger partial charge in [-0.3, -0.25) is 24.7 Å². The highest BCUT2D eigenvalue weighted by Crippen LogP contribution is 2.50. The Labute approximate surface area is 194 Å². The molecule has 1 saturated carbocycles. The number of allylic oxidation sites excluding steroid dienone is 1. The maximum Gasteiger partial charge on any atom is 0.289 e. The molecule has 1 aromatic carbocycles. The van der Waals surface area contributed by atoms with Gasteiger partial charge in [0.15, 0.2) is 0 Å². The van der Waals surface area contributed by atoms with Gasteiger partial charge in [-0.15, -0.1) is 0 Å². The number of nitrogens with zero attached hydrogens (tertiary/aromatic N) is 5. The molecule has 0 radical (unpaired) electrons. The van der Waals surface area contributed by atoms with Gasteiger partial charge in [-0.05, 0) is 37.5 Å². The summed E-state index contributed by atoms with van der Waals surface area (Å²) < 4.78 is 25.2. The number of aliphatic imine (C=N–C) groups is 2. The lowest BCUT2D eigenvalue weighted by atomic mass is 9.60. The first-order chi connectivity index (χ1) is 15.5. The molecule has 32 heavy (non-hydrogen) atoms. The van der Waals surface area contributed by atoms with Crippen molar-refractivity contribution in [3.63, 3.8) is 0 Å². The number of piperazine rings is 1. The van der Waals surface area contributed by atoms with Gasteiger partial charge >= 0.3 is 0 Å². The van der Waals surface area contributed by atoms with Crippen LogP contribution in [0.5, 0.6) is 0 Å². The van der Waals surface area contributed by atoms with E-state index in [2.05, 4.69) is 68.7 Å². The van der Waals surface area contributed by atoms with Crippen molar-refractivity contribution in [2.45, 2.75) is 44.2 Å². The first-order valence-electron chi connectivity index (χ1n) is 11.3. The number of rotatable bonds is 9. The van der Waals surface area contributed by atoms with E-state index in [-0.39, 0.29) is 0 Å². The Kier molecular flexibility index (Phi) is 7.76. The molecule has 2 saturated heterocycles. The Hall–Kier alpha value is -1.61. The third-order valence-corrected chi connectivity index (χ3v) is 7.60. The molecular weight excluding hydrogens is 428 g/mol. The quantitative estimate of drug-likeness (QED) is 0.517. The summed E-state index contributed by atoms with van der Waals surface area (Å²) in [6.07, 6.45) is 5.45. The molecule has 0 bridgehead atoms. The van der Waals surface area contributed by atoms with Crippen LogP contribution in [-0.4, -0.2) is 84.9 Å². The molecule has 2 aliphatic heterocycles. The van der Waals surface area contributed by atoms with E-state index in [4.69, 9.17) is 0 Å². The van der Waals surface area contributed by atoms with E-state index in [1.54, 1.807) is 0 Å². The second kappa shape index (κ2) is 10.5. The maximum absolute atomic E-state index is 12.6. The lowest BCUT2D eigenvalue weighted by molar-refractivity contribution is -0.121. The van der Waals surface area contributed by atoms with Gasteiger partial charge < -0.3 is 0 Å². The summed E-state index contributed by atoms with van der Waals surface area (Å²) in [6.45, 7) is 12.7. The van der Waals surface area contributed by atoms with Crippen LogP contribution in [0.1, 0.15) is 25.3 Å². The Morgan fingerprint density at radius 1 is 1.25 bits per heavy atom. The summed E-state index contributed by atoms with van der Waals surface area (Å²) in [4.78, 5) is 15.8. The number of benzene rings is 1. The lowest BCUT2D eigenvalue weighted by Crippen LogP contribution is -2.68. The van der Waals surface area contributed by atoms with Gasteiger partial charge in [0.05, 0.1) is 6.67 Å². The molecule has 2 heterocycles. The van der Waals surface area contributed by atoms with Crippen molar-refractivity contribution >= 4 is 24.7 Å². The van der Waals surface area contributed by atoms with Crippen LogP contribution in [0.2, 0.25) is 0 Å². The van der Waals surface area contributed by atoms with Crippen LogP contribution in [0, 0.1) is 5.41 Å². The zero-order valence-corrected chi connectivity index (χ0v) is 19.6. The van der Waals surface area contributed by atoms with Crippen LogP contribution >= 0.6 is 11.8 Å². The molecule has 5 nitrogen and oxygen atoms in total. The van der Waals surface area contributed by atoms with Crippen LogP contribution in [0.3, 0.4) is 0 Å². The van der Waals surface area contributed by atoms with Crippen LogP contribution < -0.4 is 0 Å². The van der Waals surface area contributed by atoms with Crippen molar-refractivity contribution in [3.05, 3.63) is 47.0 Å². The molecule has 174 valence electrons. The van der Waals surface area contributed by atoms with Gasteiger partial charge in [0.2, 0.25) is 0 Å². The van der Waals surface area contributed by atoms with E-state index < -0.39 is 5.76 Å². The fraction of sp³-hybridized carbons (Fsp3) is 0.583. The molecule has 1 spiro atoms. The summed E-state index contributed by atoms with van der Waals surface area (Å²) in [5, 5.41) is 0. The molecule has 0 amide bonds. The number of likely N-dealkylation sites (tertiary alicyclic amines) is 1. The highest BCUT2D eigenvalue weighted by molar-refractivity contribution is 8.04. The van der Waals surface area contributed by atoms with E-state index in [1.807, 2.05) is 0 Å². The average Bonchev–Trinajstić information content (AvgIpc) is 2.70. The van der Waals surface area contributed by atoms with Crippen molar-refractivity contribution in [2.24, 2.45) is 15.4 Å². The Morgan fingerprint density at radius 2 is 2.00 bits per heavy atom. The summed E-state index contributed by atoms with van der Waals surface area (Å²) >= 11 is 0.449. The maximum atomic E-state index is 12.6. The van der Waals surface area contributed by atoms with Crippen LogP contribution in [0.25, 0.3) is 0 Å². The van der Waals surface area contributed by atoms with Crippen molar-refractivity contribution in [1.29, 1.82) is 0 Å². The number of thioether (sulfide) groups is 1. The van der Waals surface area contributed by atoms with E-state index in [0.717, 1.165) is 26.2 Å². The van der Waals surface area contributed by atoms with Crippen molar-refractivity contribution < 1.29 is 8.78 Å². The first kappa shape index (κ1) is 23.5. The summed E-state index contributed by atoms with van der Waals surface area (Å²) in [5.41, 5.74) is 1.95. The van der Waals surface area contributed by atoms with Gasteiger partial charge in [0, 0.05) is 68.7 Å². The summed E-state index contributed by atoms with van der Waals surface area (Å²) in [5.74, 6) is -2.48. The molecule has 4 rings (SSSR count). The number of hydrogen-bond acceptors (Lipinski definition) is 6. The third-order valence-electron chi connectivity index (χ3n) is 6.94. The third kappa shape index (κ3) is 5.84. The molecule has 3 aliphatic rings. The highest BCUT2D eigenvalue weighted by Gasteiger charge is 2.53. The zero-order chi connectivity index (χ0) is 22.6. The Balaban J connectivity index is 1.17. The molecule has 0 N–H and O–H groups in total. The second-order valence-electron chi connectivity index (χ2n) is 9.39. The Bertz CT molecular complexity index is 817. The molecule has 1 atom stereocenters. The van der Waals surface area contributed by atoms with Crippen molar-refractivity contribution in [2.75, 3.05) is 39.4 Å². The monoisotopic (exact) mass is 461 g/mol. The summed E-state index contributed by atoms with van der Waals surface area (Å²) in [6, 6.07) is 11.8. The molecule has 1 aromatic rings. The van der Waals surface area contributed by atoms with Crippen LogP contribution in [0.4, 0.5) is 8.78 Å². The molecule has 0 aromatic heterocycles. The zero-order valence-electron chi connectivity index (χ0n) is 18.7. The molecule has 3 fully saturated rings. The summed E-state index contributed by atoms with van der Waals surface area (Å²) in [7, 11) is 0. The predicted octanol–water partition coefficient (Wildman–Crippen LogP) is 4.18. The molecule has 8 heteroatoms. The van der Waals surface area contributed by atoms with Crippen LogP contribution in [0.15, 0.2) is 51.4 Å².